The molecule has 0 radical (unpaired) electrons. The normalized spacial score (nSPS) is 15.6. The van der Waals surface area contributed by atoms with Crippen molar-refractivity contribution < 1.29 is 50.1 Å². The molecule has 13 heteroatoms. The van der Waals surface area contributed by atoms with E-state index in [9.17, 15) is 35.9 Å². The van der Waals surface area contributed by atoms with E-state index in [-0.39, 0.29) is 16.6 Å². The van der Waals surface area contributed by atoms with Crippen molar-refractivity contribution in [3.05, 3.63) is 63.5 Å². The van der Waals surface area contributed by atoms with Gasteiger partial charge in [0.15, 0.2) is 34.5 Å². The molecule has 0 unspecified atom stereocenters. The average molecular weight is 540 g/mol. The van der Waals surface area contributed by atoms with Crippen molar-refractivity contribution in [3.8, 4) is 11.5 Å². The van der Waals surface area contributed by atoms with Crippen LogP contribution in [0.1, 0.15) is 19.4 Å². The summed E-state index contributed by atoms with van der Waals surface area (Å²) in [4.78, 5) is 24.0. The number of halogens is 7. The Morgan fingerprint density at radius 3 is 2.03 bits per heavy atom. The maximum Gasteiger partial charge on any atom is 0.416 e. The summed E-state index contributed by atoms with van der Waals surface area (Å²) in [6.45, 7) is 2.61. The Morgan fingerprint density at radius 1 is 0.970 bits per heavy atom. The summed E-state index contributed by atoms with van der Waals surface area (Å²) >= 11 is 2.95. The van der Waals surface area contributed by atoms with Gasteiger partial charge >= 0.3 is 18.1 Å². The lowest BCUT2D eigenvalue weighted by atomic mass is 10.2. The monoisotopic (exact) mass is 539 g/mol. The maximum absolute atomic E-state index is 14.5. The first-order chi connectivity index (χ1) is 15.2. The Kier molecular flexibility index (Phi) is 6.37. The van der Waals surface area contributed by atoms with Crippen LogP contribution < -0.4 is 10.1 Å². The maximum atomic E-state index is 14.5. The van der Waals surface area contributed by atoms with Crippen molar-refractivity contribution in [1.82, 2.24) is 0 Å². The van der Waals surface area contributed by atoms with E-state index in [1.807, 2.05) is 0 Å². The number of carbonyl (C=O) groups is 2. The van der Waals surface area contributed by atoms with E-state index < -0.39 is 69.7 Å². The van der Waals surface area contributed by atoms with Gasteiger partial charge in [-0.15, -0.1) is 0 Å². The Hall–Kier alpha value is -3.22. The van der Waals surface area contributed by atoms with Crippen LogP contribution in [0, 0.1) is 17.5 Å². The topological polar surface area (TPSA) is 73.9 Å². The SMILES string of the molecule is CC1(C)OC(=O)C(=CNc2c(F)cc(Br)cc2Oc2c(F)cc(C(F)(F)F)cc2F)C(=O)O1. The second kappa shape index (κ2) is 8.61. The average Bonchev–Trinajstić information content (AvgIpc) is 2.63. The summed E-state index contributed by atoms with van der Waals surface area (Å²) in [5, 5.41) is 2.25. The number of cyclic esters (lactones) is 2. The van der Waals surface area contributed by atoms with E-state index in [2.05, 4.69) is 21.2 Å². The van der Waals surface area contributed by atoms with Crippen LogP contribution in [-0.4, -0.2) is 17.7 Å². The number of anilines is 1. The summed E-state index contributed by atoms with van der Waals surface area (Å²) in [5.41, 5.74) is -2.85. The Balaban J connectivity index is 1.98. The molecule has 0 atom stereocenters. The number of hydrogen-bond acceptors (Lipinski definition) is 6. The fourth-order valence-electron chi connectivity index (χ4n) is 2.62. The van der Waals surface area contributed by atoms with Crippen molar-refractivity contribution in [2.45, 2.75) is 25.8 Å². The standard InChI is InChI=1S/C20H12BrF6NO5/c1-19(2)32-17(29)10(18(30)33-19)7-28-15-11(22)5-9(21)6-14(15)31-16-12(23)3-8(4-13(16)24)20(25,26)27/h3-7,28H,1-2H3. The number of ether oxygens (including phenoxy) is 3. The lowest BCUT2D eigenvalue weighted by molar-refractivity contribution is -0.222. The summed E-state index contributed by atoms with van der Waals surface area (Å²) in [7, 11) is 0. The van der Waals surface area contributed by atoms with Gasteiger partial charge in [-0.2, -0.15) is 13.2 Å². The van der Waals surface area contributed by atoms with Crippen LogP contribution in [-0.2, 0) is 25.2 Å². The van der Waals surface area contributed by atoms with Crippen LogP contribution in [0.5, 0.6) is 11.5 Å². The van der Waals surface area contributed by atoms with Crippen molar-refractivity contribution in [3.63, 3.8) is 0 Å². The van der Waals surface area contributed by atoms with Crippen LogP contribution in [0.4, 0.5) is 32.0 Å². The molecule has 2 aromatic carbocycles. The highest BCUT2D eigenvalue weighted by Gasteiger charge is 2.39. The molecule has 1 N–H and O–H groups in total. The third-order valence-electron chi connectivity index (χ3n) is 4.03. The molecule has 2 aromatic rings. The molecular formula is C20H12BrF6NO5. The van der Waals surface area contributed by atoms with Crippen molar-refractivity contribution in [2.75, 3.05) is 5.32 Å². The molecule has 176 valence electrons. The van der Waals surface area contributed by atoms with Gasteiger partial charge in [0.2, 0.25) is 0 Å². The van der Waals surface area contributed by atoms with Crippen LogP contribution in [0.2, 0.25) is 0 Å². The highest BCUT2D eigenvalue weighted by Crippen LogP contribution is 2.39. The fraction of sp³-hybridized carbons (Fsp3) is 0.200. The zero-order chi connectivity index (χ0) is 24.7. The first kappa shape index (κ1) is 24.4. The van der Waals surface area contributed by atoms with Crippen molar-refractivity contribution >= 4 is 33.6 Å². The van der Waals surface area contributed by atoms with E-state index >= 15 is 0 Å². The molecule has 1 heterocycles. The molecule has 33 heavy (non-hydrogen) atoms. The molecule has 0 aromatic heterocycles. The van der Waals surface area contributed by atoms with Gasteiger partial charge in [0, 0.05) is 24.5 Å². The number of nitrogens with one attached hydrogen (secondary N) is 1. The van der Waals surface area contributed by atoms with Gasteiger partial charge in [-0.3, -0.25) is 0 Å². The molecule has 3 rings (SSSR count). The minimum Gasteiger partial charge on any atom is -0.449 e. The second-order valence-corrected chi connectivity index (χ2v) is 7.93. The quantitative estimate of drug-likeness (QED) is 0.229. The Bertz CT molecular complexity index is 1130. The second-order valence-electron chi connectivity index (χ2n) is 7.01. The van der Waals surface area contributed by atoms with Crippen LogP contribution in [0.15, 0.2) is 40.5 Å². The van der Waals surface area contributed by atoms with E-state index in [4.69, 9.17) is 14.2 Å². The lowest BCUT2D eigenvalue weighted by Gasteiger charge is -2.29. The van der Waals surface area contributed by atoms with Gasteiger partial charge in [0.25, 0.3) is 5.79 Å². The summed E-state index contributed by atoms with van der Waals surface area (Å²) < 4.78 is 95.9. The molecule has 1 fully saturated rings. The highest BCUT2D eigenvalue weighted by molar-refractivity contribution is 9.10. The minimum atomic E-state index is -5.02. The summed E-state index contributed by atoms with van der Waals surface area (Å²) in [6, 6.07) is 1.98. The molecule has 0 bridgehead atoms. The lowest BCUT2D eigenvalue weighted by Crippen LogP contribution is -2.42. The molecule has 0 saturated carbocycles. The van der Waals surface area contributed by atoms with Gasteiger partial charge in [0.1, 0.15) is 5.69 Å². The third-order valence-corrected chi connectivity index (χ3v) is 4.49. The number of rotatable bonds is 4. The molecule has 0 aliphatic carbocycles. The summed E-state index contributed by atoms with van der Waals surface area (Å²) in [5.74, 6) is -10.0. The first-order valence-electron chi connectivity index (χ1n) is 8.84. The number of esters is 2. The van der Waals surface area contributed by atoms with Crippen LogP contribution in [0.25, 0.3) is 0 Å². The van der Waals surface area contributed by atoms with Crippen molar-refractivity contribution in [2.24, 2.45) is 0 Å². The number of carbonyl (C=O) groups excluding carboxylic acids is 2. The highest BCUT2D eigenvalue weighted by atomic mass is 79.9. The van der Waals surface area contributed by atoms with Gasteiger partial charge in [-0.25, -0.2) is 22.8 Å². The Labute approximate surface area is 190 Å². The zero-order valence-electron chi connectivity index (χ0n) is 16.6. The van der Waals surface area contributed by atoms with Gasteiger partial charge in [-0.05, 0) is 24.3 Å². The minimum absolute atomic E-state index is 0.0115. The predicted octanol–water partition coefficient (Wildman–Crippen LogP) is 5.81. The van der Waals surface area contributed by atoms with Crippen LogP contribution >= 0.6 is 15.9 Å². The number of hydrogen-bond donors (Lipinski definition) is 1. The molecular weight excluding hydrogens is 528 g/mol. The predicted molar refractivity (Wildman–Crippen MR) is 104 cm³/mol. The fourth-order valence-corrected chi connectivity index (χ4v) is 3.03. The van der Waals surface area contributed by atoms with Gasteiger partial charge in [0.05, 0.1) is 5.56 Å². The first-order valence-corrected chi connectivity index (χ1v) is 9.64. The zero-order valence-corrected chi connectivity index (χ0v) is 18.2. The third kappa shape index (κ3) is 5.41. The van der Waals surface area contributed by atoms with E-state index in [1.165, 1.54) is 13.8 Å². The van der Waals surface area contributed by atoms with Crippen molar-refractivity contribution in [1.29, 1.82) is 0 Å². The van der Waals surface area contributed by atoms with Gasteiger partial charge < -0.3 is 19.5 Å². The van der Waals surface area contributed by atoms with E-state index in [1.54, 1.807) is 0 Å². The number of alkyl halides is 3. The molecule has 0 amide bonds. The van der Waals surface area contributed by atoms with Crippen LogP contribution in [0.3, 0.4) is 0 Å². The van der Waals surface area contributed by atoms with E-state index in [0.29, 0.717) is 0 Å². The Morgan fingerprint density at radius 2 is 1.52 bits per heavy atom. The molecule has 1 saturated heterocycles. The molecule has 1 aliphatic rings. The smallest absolute Gasteiger partial charge is 0.416 e. The van der Waals surface area contributed by atoms with E-state index in [0.717, 1.165) is 18.3 Å². The molecule has 1 aliphatic heterocycles. The number of benzene rings is 2. The largest absolute Gasteiger partial charge is 0.449 e. The molecule has 6 nitrogen and oxygen atoms in total. The van der Waals surface area contributed by atoms with Gasteiger partial charge in [-0.1, -0.05) is 15.9 Å². The molecule has 0 spiro atoms. The summed E-state index contributed by atoms with van der Waals surface area (Å²) in [6.07, 6.45) is -4.29.